The van der Waals surface area contributed by atoms with Crippen molar-refractivity contribution in [2.75, 3.05) is 0 Å². The van der Waals surface area contributed by atoms with Crippen LogP contribution in [0.1, 0.15) is 28.9 Å². The second kappa shape index (κ2) is 9.26. The molecule has 7 heteroatoms. The van der Waals surface area contributed by atoms with E-state index < -0.39 is 0 Å². The number of carbonyl (C=O) groups is 1. The zero-order chi connectivity index (χ0) is 16.4. The Labute approximate surface area is 129 Å². The Bertz CT molecular complexity index is 628. The minimum Gasteiger partial charge on any atom is -0.287 e. The van der Waals surface area contributed by atoms with Gasteiger partial charge >= 0.3 is 0 Å². The van der Waals surface area contributed by atoms with Crippen LogP contribution in [0.5, 0.6) is 0 Å². The van der Waals surface area contributed by atoms with Gasteiger partial charge in [0.1, 0.15) is 5.82 Å². The van der Waals surface area contributed by atoms with Crippen molar-refractivity contribution in [3.63, 3.8) is 0 Å². The summed E-state index contributed by atoms with van der Waals surface area (Å²) in [4.78, 5) is 15.6. The lowest BCUT2D eigenvalue weighted by molar-refractivity contribution is 0.0926. The van der Waals surface area contributed by atoms with Crippen molar-refractivity contribution in [1.29, 1.82) is 5.26 Å². The number of pyridine rings is 1. The van der Waals surface area contributed by atoms with E-state index in [-0.39, 0.29) is 17.8 Å². The molecule has 0 saturated heterocycles. The normalized spacial score (nSPS) is 10.6. The monoisotopic (exact) mass is 296 g/mol. The Morgan fingerprint density at radius 1 is 1.27 bits per heavy atom. The van der Waals surface area contributed by atoms with Gasteiger partial charge < -0.3 is 0 Å². The standard InChI is InChI=1S/C14H14FN3O.CBN/c1-10(11-2-4-13(15)5-3-11)17-18-14(19)12-6-8-16-9-7-12;2-1-3/h2-10,17H,1H3,(H,18,19);. The van der Waals surface area contributed by atoms with Crippen molar-refractivity contribution in [2.24, 2.45) is 0 Å². The van der Waals surface area contributed by atoms with E-state index >= 15 is 0 Å². The van der Waals surface area contributed by atoms with E-state index in [0.29, 0.717) is 5.56 Å². The second-order valence-corrected chi connectivity index (χ2v) is 4.24. The van der Waals surface area contributed by atoms with Gasteiger partial charge in [-0.15, -0.1) is 0 Å². The van der Waals surface area contributed by atoms with Gasteiger partial charge in [-0.3, -0.25) is 15.2 Å². The number of amides is 1. The minimum absolute atomic E-state index is 0.119. The summed E-state index contributed by atoms with van der Waals surface area (Å²) in [6.07, 6.45) is 3.11. The van der Waals surface area contributed by atoms with Crippen LogP contribution in [-0.2, 0) is 0 Å². The fourth-order valence-corrected chi connectivity index (χ4v) is 1.58. The predicted octanol–water partition coefficient (Wildman–Crippen LogP) is 1.85. The van der Waals surface area contributed by atoms with Gasteiger partial charge in [-0.25, -0.2) is 15.1 Å². The van der Waals surface area contributed by atoms with Gasteiger partial charge in [0.25, 0.3) is 5.91 Å². The number of carbonyl (C=O) groups excluding carboxylic acids is 1. The topological polar surface area (TPSA) is 77.8 Å². The summed E-state index contributed by atoms with van der Waals surface area (Å²) in [5, 5.41) is 7.10. The van der Waals surface area contributed by atoms with Gasteiger partial charge in [0, 0.05) is 24.0 Å². The predicted molar refractivity (Wildman–Crippen MR) is 81.0 cm³/mol. The number of hydrogen-bond donors (Lipinski definition) is 2. The van der Waals surface area contributed by atoms with Gasteiger partial charge in [0.2, 0.25) is 7.85 Å². The molecule has 1 aromatic heterocycles. The molecule has 1 heterocycles. The molecule has 1 unspecified atom stereocenters. The molecule has 0 fully saturated rings. The number of aromatic nitrogens is 1. The zero-order valence-corrected chi connectivity index (χ0v) is 12.0. The summed E-state index contributed by atoms with van der Waals surface area (Å²) in [5.41, 5.74) is 6.88. The van der Waals surface area contributed by atoms with Crippen LogP contribution in [-0.4, -0.2) is 18.7 Å². The fourth-order valence-electron chi connectivity index (χ4n) is 1.58. The van der Waals surface area contributed by atoms with Crippen molar-refractivity contribution in [1.82, 2.24) is 15.8 Å². The number of nitrogens with one attached hydrogen (secondary N) is 2. The van der Waals surface area contributed by atoms with Gasteiger partial charge in [-0.2, -0.15) is 0 Å². The number of hydrogen-bond acceptors (Lipinski definition) is 4. The van der Waals surface area contributed by atoms with Crippen LogP contribution < -0.4 is 10.9 Å². The van der Waals surface area contributed by atoms with Crippen LogP contribution >= 0.6 is 0 Å². The van der Waals surface area contributed by atoms with Crippen LogP contribution in [0, 0.1) is 17.0 Å². The first-order valence-electron chi connectivity index (χ1n) is 6.39. The lowest BCUT2D eigenvalue weighted by atomic mass is 10.1. The maximum absolute atomic E-state index is 12.8. The van der Waals surface area contributed by atoms with Crippen molar-refractivity contribution < 1.29 is 9.18 Å². The molecular weight excluding hydrogens is 282 g/mol. The summed E-state index contributed by atoms with van der Waals surface area (Å²) >= 11 is 0. The molecule has 2 radical (unpaired) electrons. The molecule has 0 aliphatic carbocycles. The first kappa shape index (κ1) is 17.3. The van der Waals surface area contributed by atoms with E-state index in [1.807, 2.05) is 6.92 Å². The summed E-state index contributed by atoms with van der Waals surface area (Å²) in [5.74, 6) is 0.730. The third kappa shape index (κ3) is 5.73. The highest BCUT2D eigenvalue weighted by Gasteiger charge is 2.08. The Morgan fingerprint density at radius 2 is 1.82 bits per heavy atom. The lowest BCUT2D eigenvalue weighted by Crippen LogP contribution is -2.39. The highest BCUT2D eigenvalue weighted by molar-refractivity contribution is 6.20. The highest BCUT2D eigenvalue weighted by Crippen LogP contribution is 2.11. The van der Waals surface area contributed by atoms with E-state index in [1.54, 1.807) is 36.7 Å². The molecular formula is C15H14BFN4O. The molecule has 2 rings (SSSR count). The van der Waals surface area contributed by atoms with Crippen molar-refractivity contribution in [2.45, 2.75) is 13.0 Å². The molecule has 0 bridgehead atoms. The Hall–Kier alpha value is -2.72. The number of nitriles is 1. The quantitative estimate of drug-likeness (QED) is 0.667. The van der Waals surface area contributed by atoms with Gasteiger partial charge in [0.05, 0.1) is 0 Å². The van der Waals surface area contributed by atoms with Gasteiger partial charge in [-0.1, -0.05) is 12.1 Å². The number of rotatable bonds is 4. The Kier molecular flexibility index (Phi) is 7.30. The Morgan fingerprint density at radius 3 is 2.36 bits per heavy atom. The van der Waals surface area contributed by atoms with E-state index in [2.05, 4.69) is 23.7 Å². The molecule has 0 aliphatic rings. The highest BCUT2D eigenvalue weighted by atomic mass is 19.1. The number of hydrazine groups is 1. The van der Waals surface area contributed by atoms with Crippen molar-refractivity contribution >= 4 is 13.8 Å². The molecule has 1 aromatic carbocycles. The summed E-state index contributed by atoms with van der Waals surface area (Å²) in [7, 11) is 4.15. The van der Waals surface area contributed by atoms with Crippen LogP contribution in [0.15, 0.2) is 48.8 Å². The van der Waals surface area contributed by atoms with E-state index in [1.165, 1.54) is 18.1 Å². The number of halogens is 1. The smallest absolute Gasteiger partial charge is 0.265 e. The number of nitrogens with zero attached hydrogens (tertiary/aromatic N) is 2. The molecule has 0 aliphatic heterocycles. The van der Waals surface area contributed by atoms with Gasteiger partial charge in [0.15, 0.2) is 0 Å². The van der Waals surface area contributed by atoms with Crippen LogP contribution in [0.3, 0.4) is 0 Å². The molecule has 2 N–H and O–H groups in total. The van der Waals surface area contributed by atoms with E-state index in [0.717, 1.165) is 5.56 Å². The molecule has 0 spiro atoms. The molecule has 22 heavy (non-hydrogen) atoms. The largest absolute Gasteiger partial charge is 0.287 e. The second-order valence-electron chi connectivity index (χ2n) is 4.24. The zero-order valence-electron chi connectivity index (χ0n) is 12.0. The maximum Gasteiger partial charge on any atom is 0.265 e. The van der Waals surface area contributed by atoms with Crippen LogP contribution in [0.4, 0.5) is 4.39 Å². The van der Waals surface area contributed by atoms with E-state index in [4.69, 9.17) is 5.26 Å². The molecule has 5 nitrogen and oxygen atoms in total. The lowest BCUT2D eigenvalue weighted by Gasteiger charge is -2.15. The third-order valence-corrected chi connectivity index (χ3v) is 2.71. The van der Waals surface area contributed by atoms with E-state index in [9.17, 15) is 9.18 Å². The van der Waals surface area contributed by atoms with Gasteiger partial charge in [-0.05, 0) is 42.7 Å². The summed E-state index contributed by atoms with van der Waals surface area (Å²) in [6.45, 7) is 1.88. The summed E-state index contributed by atoms with van der Waals surface area (Å²) < 4.78 is 12.8. The Balaban J connectivity index is 0.000000745. The molecule has 1 amide bonds. The molecule has 1 atom stereocenters. The SMILES string of the molecule is CC(NNC(=O)c1ccncc1)c1ccc(F)cc1.[B]C#N. The summed E-state index contributed by atoms with van der Waals surface area (Å²) in [6, 6.07) is 9.25. The first-order valence-corrected chi connectivity index (χ1v) is 6.39. The van der Waals surface area contributed by atoms with Crippen molar-refractivity contribution in [3.05, 3.63) is 65.7 Å². The van der Waals surface area contributed by atoms with Crippen LogP contribution in [0.25, 0.3) is 0 Å². The first-order chi connectivity index (χ1) is 10.6. The number of benzene rings is 1. The average Bonchev–Trinajstić information content (AvgIpc) is 2.54. The maximum atomic E-state index is 12.8. The minimum atomic E-state index is -0.281. The average molecular weight is 296 g/mol. The molecule has 110 valence electrons. The molecule has 2 aromatic rings. The van der Waals surface area contributed by atoms with Crippen molar-refractivity contribution in [3.8, 4) is 5.97 Å². The van der Waals surface area contributed by atoms with Crippen LogP contribution in [0.2, 0.25) is 0 Å². The third-order valence-electron chi connectivity index (χ3n) is 2.71. The fraction of sp³-hybridized carbons (Fsp3) is 0.133. The molecule has 0 saturated carbocycles.